The van der Waals surface area contributed by atoms with Gasteiger partial charge in [0, 0.05) is 0 Å². The summed E-state index contributed by atoms with van der Waals surface area (Å²) in [6.07, 6.45) is -0.236. The lowest BCUT2D eigenvalue weighted by molar-refractivity contribution is -0.755. The van der Waals surface area contributed by atoms with E-state index >= 15 is 0 Å². The Hall–Kier alpha value is -0.570. The number of carbonyl (C=O) groups excluding carboxylic acids is 1. The fraction of sp³-hybridized carbons (Fsp3) is 0.500. The first kappa shape index (κ1) is 4.59. The summed E-state index contributed by atoms with van der Waals surface area (Å²) in [5, 5.41) is 0. The van der Waals surface area contributed by atoms with Crippen molar-refractivity contribution in [1.29, 1.82) is 0 Å². The predicted molar refractivity (Wildman–Crippen MR) is 22.5 cm³/mol. The summed E-state index contributed by atoms with van der Waals surface area (Å²) in [6.45, 7) is 1.23. The van der Waals surface area contributed by atoms with Crippen LogP contribution in [0.25, 0.3) is 0 Å². The van der Waals surface area contributed by atoms with Crippen molar-refractivity contribution in [3.05, 3.63) is 7.05 Å². The van der Waals surface area contributed by atoms with Crippen LogP contribution in [0, 0.1) is 7.05 Å². The number of ether oxygens (including phenoxy) is 1. The van der Waals surface area contributed by atoms with E-state index in [1.54, 1.807) is 0 Å². The highest BCUT2D eigenvalue weighted by Crippen LogP contribution is 1.76. The van der Waals surface area contributed by atoms with Crippen LogP contribution in [0.5, 0.6) is 0 Å². The van der Waals surface area contributed by atoms with Gasteiger partial charge in [-0.2, -0.15) is 4.79 Å². The molecule has 1 saturated heterocycles. The molecule has 0 radical (unpaired) electrons. The zero-order valence-electron chi connectivity index (χ0n) is 3.94. The largest absolute Gasteiger partial charge is 0.487 e. The molecule has 1 fully saturated rings. The molecule has 3 heteroatoms. The lowest BCUT2D eigenvalue weighted by atomic mass is 10.7. The zero-order valence-corrected chi connectivity index (χ0v) is 3.94. The van der Waals surface area contributed by atoms with E-state index < -0.39 is 0 Å². The monoisotopic (exact) mass is 101 g/mol. The van der Waals surface area contributed by atoms with Crippen molar-refractivity contribution < 1.29 is 14.4 Å². The first-order valence-corrected chi connectivity index (χ1v) is 2.15. The van der Waals surface area contributed by atoms with E-state index in [2.05, 4.69) is 11.8 Å². The number of rotatable bonds is 0. The fourth-order valence-corrected chi connectivity index (χ4v) is 0.471. The van der Waals surface area contributed by atoms with Crippen LogP contribution in [-0.4, -0.2) is 19.2 Å². The highest BCUT2D eigenvalue weighted by atomic mass is 16.6. The Morgan fingerprint density at radius 1 is 1.86 bits per heavy atom. The van der Waals surface area contributed by atoms with Gasteiger partial charge in [-0.1, -0.05) is 0 Å². The topological polar surface area (TPSA) is 30.7 Å². The molecule has 0 aliphatic carbocycles. The van der Waals surface area contributed by atoms with Crippen molar-refractivity contribution in [3.8, 4) is 0 Å². The zero-order chi connectivity index (χ0) is 5.28. The predicted octanol–water partition coefficient (Wildman–Crippen LogP) is -1.19. The van der Waals surface area contributed by atoms with Crippen molar-refractivity contribution in [3.63, 3.8) is 0 Å². The maximum Gasteiger partial charge on any atom is 0.487 e. The molecule has 1 aliphatic rings. The van der Waals surface area contributed by atoms with Crippen LogP contribution >= 0.6 is 0 Å². The van der Waals surface area contributed by atoms with E-state index in [1.165, 1.54) is 0 Å². The van der Waals surface area contributed by atoms with Crippen LogP contribution < -0.4 is 4.90 Å². The molecule has 0 aromatic heterocycles. The smallest absolute Gasteiger partial charge is 0.416 e. The van der Waals surface area contributed by atoms with Crippen LogP contribution in [0.4, 0.5) is 4.79 Å². The Labute approximate surface area is 41.9 Å². The van der Waals surface area contributed by atoms with Crippen LogP contribution in [0.1, 0.15) is 0 Å². The highest BCUT2D eigenvalue weighted by Gasteiger charge is 2.17. The lowest BCUT2D eigenvalue weighted by Crippen LogP contribution is -3.07. The van der Waals surface area contributed by atoms with Crippen LogP contribution in [0.15, 0.2) is 0 Å². The maximum absolute atomic E-state index is 10.3. The SMILES string of the molecule is [CH2-][NH+]1CCOC1=O. The number of cyclic esters (lactones) is 1. The minimum atomic E-state index is -0.236. The molecule has 0 aromatic carbocycles. The van der Waals surface area contributed by atoms with Gasteiger partial charge in [-0.15, -0.1) is 7.05 Å². The van der Waals surface area contributed by atoms with Gasteiger partial charge in [0.25, 0.3) is 0 Å². The van der Waals surface area contributed by atoms with Crippen LogP contribution in [-0.2, 0) is 4.74 Å². The third-order valence-electron chi connectivity index (χ3n) is 0.926. The Morgan fingerprint density at radius 3 is 2.71 bits per heavy atom. The van der Waals surface area contributed by atoms with Crippen LogP contribution in [0.2, 0.25) is 0 Å². The van der Waals surface area contributed by atoms with Gasteiger partial charge in [0.05, 0.1) is 6.54 Å². The second-order valence-corrected chi connectivity index (χ2v) is 1.49. The Balaban J connectivity index is 2.48. The van der Waals surface area contributed by atoms with Crippen molar-refractivity contribution in [1.82, 2.24) is 0 Å². The van der Waals surface area contributed by atoms with E-state index in [4.69, 9.17) is 0 Å². The molecule has 40 valence electrons. The van der Waals surface area contributed by atoms with Gasteiger partial charge < -0.3 is 9.64 Å². The first-order chi connectivity index (χ1) is 3.30. The van der Waals surface area contributed by atoms with Crippen molar-refractivity contribution in [2.24, 2.45) is 0 Å². The first-order valence-electron chi connectivity index (χ1n) is 2.15. The number of amides is 1. The third kappa shape index (κ3) is 0.718. The normalized spacial score (nSPS) is 30.4. The molecule has 0 saturated carbocycles. The Kier molecular flexibility index (Phi) is 0.982. The maximum atomic E-state index is 10.3. The molecular formula is C4H7NO2. The molecule has 0 aromatic rings. The molecule has 1 unspecified atom stereocenters. The second kappa shape index (κ2) is 1.50. The summed E-state index contributed by atoms with van der Waals surface area (Å²) in [7, 11) is 3.46. The van der Waals surface area contributed by atoms with E-state index in [9.17, 15) is 4.79 Å². The molecule has 1 rings (SSSR count). The summed E-state index contributed by atoms with van der Waals surface area (Å²) in [5.74, 6) is 0. The van der Waals surface area contributed by atoms with Gasteiger partial charge >= 0.3 is 6.09 Å². The van der Waals surface area contributed by atoms with Crippen molar-refractivity contribution in [2.75, 3.05) is 13.2 Å². The number of hydrogen-bond acceptors (Lipinski definition) is 2. The van der Waals surface area contributed by atoms with Gasteiger partial charge in [0.1, 0.15) is 6.61 Å². The van der Waals surface area contributed by atoms with Gasteiger partial charge in [0.15, 0.2) is 0 Å². The molecule has 1 atom stereocenters. The lowest BCUT2D eigenvalue weighted by Gasteiger charge is -2.01. The standard InChI is InChI=1S/C4H7NO2/c1-5-2-3-7-4(5)6/h5H,1-3H2. The molecule has 1 aliphatic heterocycles. The number of hydrogen-bond donors (Lipinski definition) is 1. The van der Waals surface area contributed by atoms with Gasteiger partial charge in [-0.25, -0.2) is 0 Å². The van der Waals surface area contributed by atoms with E-state index in [0.717, 1.165) is 0 Å². The van der Waals surface area contributed by atoms with Crippen molar-refractivity contribution >= 4 is 6.09 Å². The minimum Gasteiger partial charge on any atom is -0.416 e. The Morgan fingerprint density at radius 2 is 2.57 bits per heavy atom. The number of alkyl carbamates (subject to hydrolysis) is 2. The van der Waals surface area contributed by atoms with E-state index in [-0.39, 0.29) is 6.09 Å². The summed E-state index contributed by atoms with van der Waals surface area (Å²) < 4.78 is 4.53. The molecule has 1 heterocycles. The number of carbonyl (C=O) groups is 1. The molecule has 0 bridgehead atoms. The van der Waals surface area contributed by atoms with E-state index in [1.807, 2.05) is 0 Å². The van der Waals surface area contributed by atoms with Crippen molar-refractivity contribution in [2.45, 2.75) is 0 Å². The summed E-state index contributed by atoms with van der Waals surface area (Å²) in [5.41, 5.74) is 0. The molecule has 3 nitrogen and oxygen atoms in total. The average molecular weight is 101 g/mol. The third-order valence-corrected chi connectivity index (χ3v) is 0.926. The fourth-order valence-electron chi connectivity index (χ4n) is 0.471. The number of quaternary nitrogens is 1. The highest BCUT2D eigenvalue weighted by molar-refractivity contribution is 5.58. The molecule has 1 amide bonds. The summed E-state index contributed by atoms with van der Waals surface area (Å²) in [6, 6.07) is 0. The molecule has 0 spiro atoms. The van der Waals surface area contributed by atoms with Crippen LogP contribution in [0.3, 0.4) is 0 Å². The molecular weight excluding hydrogens is 94.0 g/mol. The average Bonchev–Trinajstić information content (AvgIpc) is 1.91. The molecule has 7 heavy (non-hydrogen) atoms. The van der Waals surface area contributed by atoms with E-state index in [0.29, 0.717) is 18.1 Å². The second-order valence-electron chi connectivity index (χ2n) is 1.49. The summed E-state index contributed by atoms with van der Waals surface area (Å²) >= 11 is 0. The Bertz CT molecular complexity index is 91.7. The summed E-state index contributed by atoms with van der Waals surface area (Å²) in [4.78, 5) is 10.8. The van der Waals surface area contributed by atoms with Gasteiger partial charge in [-0.05, 0) is 0 Å². The molecule has 1 N–H and O–H groups in total. The van der Waals surface area contributed by atoms with Gasteiger partial charge in [-0.3, -0.25) is 0 Å². The number of nitrogens with one attached hydrogen (secondary N) is 1. The quantitative estimate of drug-likeness (QED) is 0.389. The van der Waals surface area contributed by atoms with Gasteiger partial charge in [0.2, 0.25) is 0 Å². The minimum absolute atomic E-state index is 0.236.